The smallest absolute Gasteiger partial charge is 0.343 e. The Balaban J connectivity index is 3.10. The number of hydrogen-bond donors (Lipinski definition) is 1. The fourth-order valence-corrected chi connectivity index (χ4v) is 1.41. The van der Waals surface area contributed by atoms with E-state index in [1.54, 1.807) is 20.8 Å². The van der Waals surface area contributed by atoms with Crippen LogP contribution in [0.5, 0.6) is 0 Å². The molecule has 0 amide bonds. The highest BCUT2D eigenvalue weighted by Gasteiger charge is 2.23. The Kier molecular flexibility index (Phi) is 3.43. The van der Waals surface area contributed by atoms with Gasteiger partial charge in [0.25, 0.3) is 0 Å². The first-order valence-corrected chi connectivity index (χ1v) is 5.06. The van der Waals surface area contributed by atoms with Crippen LogP contribution < -0.4 is 5.73 Å². The summed E-state index contributed by atoms with van der Waals surface area (Å²) >= 11 is 5.74. The molecular weight excluding hydrogens is 233 g/mol. The summed E-state index contributed by atoms with van der Waals surface area (Å²) in [4.78, 5) is 11.6. The van der Waals surface area contributed by atoms with Crippen LogP contribution in [0.4, 0.5) is 10.1 Å². The molecule has 88 valence electrons. The molecule has 3 nitrogen and oxygen atoms in total. The first-order valence-electron chi connectivity index (χ1n) is 4.68. The van der Waals surface area contributed by atoms with E-state index in [-0.39, 0.29) is 16.3 Å². The highest BCUT2D eigenvalue weighted by molar-refractivity contribution is 6.33. The fourth-order valence-electron chi connectivity index (χ4n) is 1.12. The van der Waals surface area contributed by atoms with Gasteiger partial charge >= 0.3 is 5.97 Å². The third-order valence-electron chi connectivity index (χ3n) is 1.67. The molecule has 0 saturated heterocycles. The lowest BCUT2D eigenvalue weighted by molar-refractivity contribution is 0.00650. The van der Waals surface area contributed by atoms with Crippen molar-refractivity contribution in [2.24, 2.45) is 0 Å². The number of benzene rings is 1. The zero-order valence-electron chi connectivity index (χ0n) is 9.30. The maximum atomic E-state index is 13.5. The summed E-state index contributed by atoms with van der Waals surface area (Å²) in [6.07, 6.45) is 0. The Morgan fingerprint density at radius 2 is 2.00 bits per heavy atom. The van der Waals surface area contributed by atoms with Gasteiger partial charge in [-0.1, -0.05) is 11.6 Å². The van der Waals surface area contributed by atoms with Crippen molar-refractivity contribution in [1.29, 1.82) is 0 Å². The second-order valence-electron chi connectivity index (χ2n) is 4.36. The zero-order chi connectivity index (χ0) is 12.5. The van der Waals surface area contributed by atoms with E-state index in [4.69, 9.17) is 22.1 Å². The van der Waals surface area contributed by atoms with Gasteiger partial charge in [0.05, 0.1) is 5.02 Å². The Hall–Kier alpha value is -1.29. The van der Waals surface area contributed by atoms with E-state index in [9.17, 15) is 9.18 Å². The predicted octanol–water partition coefficient (Wildman–Crippen LogP) is 3.02. The van der Waals surface area contributed by atoms with Crippen LogP contribution in [-0.4, -0.2) is 11.6 Å². The molecule has 1 rings (SSSR count). The van der Waals surface area contributed by atoms with Gasteiger partial charge in [-0.3, -0.25) is 0 Å². The molecule has 0 aliphatic heterocycles. The maximum Gasteiger partial charge on any atom is 0.343 e. The first kappa shape index (κ1) is 12.8. The second kappa shape index (κ2) is 4.29. The van der Waals surface area contributed by atoms with Crippen LogP contribution in [-0.2, 0) is 4.74 Å². The molecule has 0 spiro atoms. The lowest BCUT2D eigenvalue weighted by atomic mass is 10.1. The largest absolute Gasteiger partial charge is 0.456 e. The van der Waals surface area contributed by atoms with Crippen molar-refractivity contribution in [1.82, 2.24) is 0 Å². The van der Waals surface area contributed by atoms with Crippen molar-refractivity contribution < 1.29 is 13.9 Å². The van der Waals surface area contributed by atoms with E-state index in [1.807, 2.05) is 0 Å². The maximum absolute atomic E-state index is 13.5. The molecule has 0 radical (unpaired) electrons. The average Bonchev–Trinajstić information content (AvgIpc) is 1.96. The predicted molar refractivity (Wildman–Crippen MR) is 61.0 cm³/mol. The van der Waals surface area contributed by atoms with Crippen LogP contribution in [0.25, 0.3) is 0 Å². The van der Waals surface area contributed by atoms with E-state index in [1.165, 1.54) is 6.07 Å². The van der Waals surface area contributed by atoms with E-state index in [0.717, 1.165) is 6.07 Å². The summed E-state index contributed by atoms with van der Waals surface area (Å²) in [7, 11) is 0. The minimum Gasteiger partial charge on any atom is -0.456 e. The molecule has 0 aliphatic rings. The molecule has 1 aromatic rings. The Labute approximate surface area is 98.3 Å². The lowest BCUT2D eigenvalue weighted by Gasteiger charge is -2.20. The lowest BCUT2D eigenvalue weighted by Crippen LogP contribution is -2.24. The third-order valence-corrected chi connectivity index (χ3v) is 1.97. The molecule has 5 heteroatoms. The molecule has 0 aromatic heterocycles. The Bertz CT molecular complexity index is 403. The van der Waals surface area contributed by atoms with Gasteiger partial charge in [-0.25, -0.2) is 9.18 Å². The number of halogens is 2. The number of hydrogen-bond acceptors (Lipinski definition) is 3. The van der Waals surface area contributed by atoms with Gasteiger partial charge in [0.2, 0.25) is 0 Å². The summed E-state index contributed by atoms with van der Waals surface area (Å²) in [6.45, 7) is 5.07. The van der Waals surface area contributed by atoms with Gasteiger partial charge in [-0.2, -0.15) is 0 Å². The van der Waals surface area contributed by atoms with Crippen LogP contribution in [0.2, 0.25) is 5.02 Å². The molecule has 1 aromatic carbocycles. The summed E-state index contributed by atoms with van der Waals surface area (Å²) < 4.78 is 18.5. The number of anilines is 1. The molecule has 0 bridgehead atoms. The van der Waals surface area contributed by atoms with Crippen molar-refractivity contribution in [3.05, 3.63) is 28.5 Å². The van der Waals surface area contributed by atoms with Crippen molar-refractivity contribution in [2.75, 3.05) is 5.73 Å². The summed E-state index contributed by atoms with van der Waals surface area (Å²) in [6, 6.07) is 2.34. The topological polar surface area (TPSA) is 52.3 Å². The number of carbonyl (C=O) groups excluding carboxylic acids is 1. The molecule has 16 heavy (non-hydrogen) atoms. The molecule has 0 unspecified atom stereocenters. The summed E-state index contributed by atoms with van der Waals surface area (Å²) in [5.74, 6) is -1.57. The highest BCUT2D eigenvalue weighted by atomic mass is 35.5. The Morgan fingerprint density at radius 1 is 1.44 bits per heavy atom. The van der Waals surface area contributed by atoms with Crippen molar-refractivity contribution in [2.45, 2.75) is 26.4 Å². The second-order valence-corrected chi connectivity index (χ2v) is 4.77. The molecule has 0 fully saturated rings. The standard InChI is InChI=1S/C11H13ClFNO2/c1-11(2,3)16-10(15)9-7(12)4-6(14)5-8(9)13/h4-5H,14H2,1-3H3. The van der Waals surface area contributed by atoms with Gasteiger partial charge in [-0.05, 0) is 32.9 Å². The molecule has 2 N–H and O–H groups in total. The van der Waals surface area contributed by atoms with E-state index in [2.05, 4.69) is 0 Å². The van der Waals surface area contributed by atoms with Crippen molar-refractivity contribution >= 4 is 23.3 Å². The van der Waals surface area contributed by atoms with Crippen LogP contribution in [0.15, 0.2) is 12.1 Å². The number of nitrogen functional groups attached to an aromatic ring is 1. The van der Waals surface area contributed by atoms with Gasteiger partial charge in [0, 0.05) is 5.69 Å². The van der Waals surface area contributed by atoms with E-state index in [0.29, 0.717) is 0 Å². The number of esters is 1. The number of nitrogens with two attached hydrogens (primary N) is 1. The van der Waals surface area contributed by atoms with Gasteiger partial charge in [0.15, 0.2) is 0 Å². The van der Waals surface area contributed by atoms with Crippen LogP contribution in [0.1, 0.15) is 31.1 Å². The minimum atomic E-state index is -0.796. The third kappa shape index (κ3) is 3.10. The molecule has 0 aliphatic carbocycles. The van der Waals surface area contributed by atoms with Crippen LogP contribution >= 0.6 is 11.6 Å². The molecular formula is C11H13ClFNO2. The van der Waals surface area contributed by atoms with E-state index >= 15 is 0 Å². The number of rotatable bonds is 1. The van der Waals surface area contributed by atoms with Gasteiger partial charge in [0.1, 0.15) is 17.0 Å². The minimum absolute atomic E-state index is 0.0493. The normalized spacial score (nSPS) is 11.3. The Morgan fingerprint density at radius 3 is 2.44 bits per heavy atom. The summed E-state index contributed by atoms with van der Waals surface area (Å²) in [5.41, 5.74) is 4.55. The number of carbonyl (C=O) groups is 1. The zero-order valence-corrected chi connectivity index (χ0v) is 10.1. The highest BCUT2D eigenvalue weighted by Crippen LogP contribution is 2.25. The first-order chi connectivity index (χ1) is 7.20. The van der Waals surface area contributed by atoms with Crippen LogP contribution in [0, 0.1) is 5.82 Å². The molecule has 0 heterocycles. The molecule has 0 saturated carbocycles. The van der Waals surface area contributed by atoms with Gasteiger partial charge < -0.3 is 10.5 Å². The fraction of sp³-hybridized carbons (Fsp3) is 0.364. The number of ether oxygens (including phenoxy) is 1. The molecule has 0 atom stereocenters. The van der Waals surface area contributed by atoms with Crippen molar-refractivity contribution in [3.8, 4) is 0 Å². The average molecular weight is 246 g/mol. The van der Waals surface area contributed by atoms with Crippen LogP contribution in [0.3, 0.4) is 0 Å². The quantitative estimate of drug-likeness (QED) is 0.611. The monoisotopic (exact) mass is 245 g/mol. The van der Waals surface area contributed by atoms with Crippen molar-refractivity contribution in [3.63, 3.8) is 0 Å². The van der Waals surface area contributed by atoms with E-state index < -0.39 is 17.4 Å². The SMILES string of the molecule is CC(C)(C)OC(=O)c1c(F)cc(N)cc1Cl. The summed E-state index contributed by atoms with van der Waals surface area (Å²) in [5, 5.41) is -0.0493. The van der Waals surface area contributed by atoms with Gasteiger partial charge in [-0.15, -0.1) is 0 Å².